The lowest BCUT2D eigenvalue weighted by molar-refractivity contribution is -0.106. The minimum absolute atomic E-state index is 0.00915. The lowest BCUT2D eigenvalue weighted by Gasteiger charge is -2.39. The molecular weight excluding hydrogens is 557 g/mol. The van der Waals surface area contributed by atoms with Crippen molar-refractivity contribution in [1.82, 2.24) is 10.2 Å². The number of alkyl halides is 3. The van der Waals surface area contributed by atoms with Gasteiger partial charge in [0.2, 0.25) is 15.0 Å². The number of esters is 1. The predicted molar refractivity (Wildman–Crippen MR) is 144 cm³/mol. The summed E-state index contributed by atoms with van der Waals surface area (Å²) in [6.07, 6.45) is 0.953. The van der Waals surface area contributed by atoms with Gasteiger partial charge in [-0.05, 0) is 49.8 Å². The highest BCUT2D eigenvalue weighted by Gasteiger charge is 2.36. The topological polar surface area (TPSA) is 126 Å². The molecule has 0 spiro atoms. The summed E-state index contributed by atoms with van der Waals surface area (Å²) < 4.78 is 70.7. The number of benzene rings is 1. The molecule has 1 aliphatic rings. The van der Waals surface area contributed by atoms with Crippen LogP contribution < -0.4 is 9.62 Å². The summed E-state index contributed by atoms with van der Waals surface area (Å²) in [5.74, 6) is -2.68. The second kappa shape index (κ2) is 13.5. The molecule has 3 rings (SSSR count). The smallest absolute Gasteiger partial charge is 0.404 e. The van der Waals surface area contributed by atoms with E-state index in [0.717, 1.165) is 61.2 Å². The van der Waals surface area contributed by atoms with Gasteiger partial charge in [-0.2, -0.15) is 13.2 Å². The van der Waals surface area contributed by atoms with E-state index in [-0.39, 0.29) is 34.2 Å². The van der Waals surface area contributed by atoms with Crippen LogP contribution in [0.5, 0.6) is 0 Å². The molecule has 0 bridgehead atoms. The summed E-state index contributed by atoms with van der Waals surface area (Å²) in [6, 6.07) is 3.40. The molecule has 1 aliphatic heterocycles. The largest absolute Gasteiger partial charge is 0.460 e. The Labute approximate surface area is 230 Å². The molecule has 0 saturated heterocycles. The Hall–Kier alpha value is -2.81. The van der Waals surface area contributed by atoms with Gasteiger partial charge in [-0.15, -0.1) is 20.4 Å². The van der Waals surface area contributed by atoms with E-state index in [1.54, 1.807) is 6.07 Å². The van der Waals surface area contributed by atoms with Gasteiger partial charge in [0, 0.05) is 18.3 Å². The van der Waals surface area contributed by atoms with Gasteiger partial charge in [-0.1, -0.05) is 44.9 Å². The van der Waals surface area contributed by atoms with Gasteiger partial charge in [0.05, 0.1) is 12.3 Å². The summed E-state index contributed by atoms with van der Waals surface area (Å²) >= 11 is 0.834. The number of aromatic nitrogens is 2. The third-order valence-electron chi connectivity index (χ3n) is 6.10. The number of azo groups is 1. The fraction of sp³-hybridized carbons (Fsp3) is 0.625. The third kappa shape index (κ3) is 8.85. The van der Waals surface area contributed by atoms with Crippen LogP contribution in [0.25, 0.3) is 0 Å². The lowest BCUT2D eigenvalue weighted by Crippen LogP contribution is -2.39. The molecule has 0 radical (unpaired) electrons. The minimum Gasteiger partial charge on any atom is -0.460 e. The number of sulfonamides is 1. The average Bonchev–Trinajstić information content (AvgIpc) is 3.33. The van der Waals surface area contributed by atoms with Gasteiger partial charge in [0.15, 0.2) is 5.75 Å². The average molecular weight is 591 g/mol. The quantitative estimate of drug-likeness (QED) is 0.159. The Kier molecular flexibility index (Phi) is 10.6. The van der Waals surface area contributed by atoms with E-state index in [9.17, 15) is 26.4 Å². The van der Waals surface area contributed by atoms with Gasteiger partial charge in [0.25, 0.3) is 5.13 Å². The number of aryl methyl sites for hydroxylation is 1. The molecule has 1 atom stereocenters. The maximum absolute atomic E-state index is 12.9. The number of nitrogens with zero attached hydrogens (tertiary/aromatic N) is 5. The molecule has 1 aromatic heterocycles. The van der Waals surface area contributed by atoms with Crippen molar-refractivity contribution in [3.05, 3.63) is 22.7 Å². The number of hydrogen-bond acceptors (Lipinski definition) is 10. The molecule has 15 heteroatoms. The highest BCUT2D eigenvalue weighted by Crippen LogP contribution is 2.40. The second-order valence-corrected chi connectivity index (χ2v) is 11.9. The molecule has 216 valence electrons. The van der Waals surface area contributed by atoms with E-state index < -0.39 is 27.9 Å². The van der Waals surface area contributed by atoms with Crippen molar-refractivity contribution in [1.29, 1.82) is 0 Å². The van der Waals surface area contributed by atoms with Crippen LogP contribution in [0.2, 0.25) is 0 Å². The fourth-order valence-corrected chi connectivity index (χ4v) is 5.77. The highest BCUT2D eigenvalue weighted by molar-refractivity contribution is 7.92. The minimum atomic E-state index is -4.92. The zero-order chi connectivity index (χ0) is 28.6. The number of hydrogen-bond donors (Lipinski definition) is 1. The Morgan fingerprint density at radius 2 is 1.92 bits per heavy atom. The van der Waals surface area contributed by atoms with E-state index in [4.69, 9.17) is 4.74 Å². The Morgan fingerprint density at radius 1 is 1.18 bits per heavy atom. The number of halogens is 3. The Bertz CT molecular complexity index is 1270. The van der Waals surface area contributed by atoms with Crippen molar-refractivity contribution in [2.24, 2.45) is 10.2 Å². The van der Waals surface area contributed by atoms with Crippen LogP contribution in [0.4, 0.5) is 35.4 Å². The van der Waals surface area contributed by atoms with Gasteiger partial charge in [-0.3, -0.25) is 4.72 Å². The first-order valence-electron chi connectivity index (χ1n) is 12.9. The maximum atomic E-state index is 12.9. The summed E-state index contributed by atoms with van der Waals surface area (Å²) in [6.45, 7) is 7.08. The first-order valence-corrected chi connectivity index (χ1v) is 15.4. The molecule has 2 aromatic rings. The van der Waals surface area contributed by atoms with Gasteiger partial charge < -0.3 is 9.64 Å². The standard InChI is InChI=1S/C24H33F3N6O4S2/c1-4-7-11-33-17(6-3)10-9-16-13-18(19(14-20(16)33)32-39(35,36)15-24(25,26)27)28-30-23-31-29-21(38-23)22(34)37-12-8-5-2/h13-14,17,32H,4-12,15H2,1-3H3. The molecule has 39 heavy (non-hydrogen) atoms. The summed E-state index contributed by atoms with van der Waals surface area (Å²) in [4.78, 5) is 14.3. The predicted octanol–water partition coefficient (Wildman–Crippen LogP) is 6.55. The number of rotatable bonds is 13. The van der Waals surface area contributed by atoms with Crippen molar-refractivity contribution in [3.8, 4) is 0 Å². The highest BCUT2D eigenvalue weighted by atomic mass is 32.2. The molecule has 0 saturated carbocycles. The first kappa shape index (κ1) is 30.7. The van der Waals surface area contributed by atoms with Gasteiger partial charge in [-0.25, -0.2) is 13.2 Å². The molecule has 0 amide bonds. The molecule has 1 aromatic carbocycles. The molecule has 1 unspecified atom stereocenters. The monoisotopic (exact) mass is 590 g/mol. The van der Waals surface area contributed by atoms with E-state index in [0.29, 0.717) is 12.8 Å². The van der Waals surface area contributed by atoms with Crippen LogP contribution in [-0.4, -0.2) is 55.7 Å². The van der Waals surface area contributed by atoms with Crippen molar-refractivity contribution in [2.75, 3.05) is 28.5 Å². The second-order valence-electron chi connectivity index (χ2n) is 9.20. The van der Waals surface area contributed by atoms with Crippen LogP contribution in [-0.2, 0) is 21.2 Å². The molecule has 2 heterocycles. The maximum Gasteiger partial charge on any atom is 0.404 e. The van der Waals surface area contributed by atoms with Crippen LogP contribution >= 0.6 is 11.3 Å². The summed E-state index contributed by atoms with van der Waals surface area (Å²) in [5, 5.41) is 15.6. The fourth-order valence-electron chi connectivity index (χ4n) is 4.21. The number of carbonyl (C=O) groups is 1. The van der Waals surface area contributed by atoms with E-state index >= 15 is 0 Å². The van der Waals surface area contributed by atoms with Crippen molar-refractivity contribution >= 4 is 49.5 Å². The number of nitrogens with one attached hydrogen (secondary N) is 1. The number of anilines is 2. The zero-order valence-electron chi connectivity index (χ0n) is 22.1. The van der Waals surface area contributed by atoms with Crippen LogP contribution in [0.3, 0.4) is 0 Å². The first-order chi connectivity index (χ1) is 18.5. The zero-order valence-corrected chi connectivity index (χ0v) is 23.8. The van der Waals surface area contributed by atoms with Gasteiger partial charge >= 0.3 is 12.1 Å². The van der Waals surface area contributed by atoms with E-state index in [1.165, 1.54) is 6.07 Å². The summed E-state index contributed by atoms with van der Waals surface area (Å²) in [5.41, 5.74) is 1.56. The number of carbonyl (C=O) groups excluding carboxylic acids is 1. The number of unbranched alkanes of at least 4 members (excludes halogenated alkanes) is 2. The Morgan fingerprint density at radius 3 is 2.59 bits per heavy atom. The molecule has 10 nitrogen and oxygen atoms in total. The van der Waals surface area contributed by atoms with Crippen LogP contribution in [0, 0.1) is 0 Å². The molecule has 1 N–H and O–H groups in total. The lowest BCUT2D eigenvalue weighted by atomic mass is 9.93. The normalized spacial score (nSPS) is 15.9. The number of ether oxygens (including phenoxy) is 1. The van der Waals surface area contributed by atoms with Crippen molar-refractivity contribution in [3.63, 3.8) is 0 Å². The van der Waals surface area contributed by atoms with Crippen molar-refractivity contribution < 1.29 is 31.1 Å². The summed E-state index contributed by atoms with van der Waals surface area (Å²) in [7, 11) is -4.78. The SMILES string of the molecule is CCCCOC(=O)c1nnc(N=Nc2cc3c(cc2NS(=O)(=O)CC(F)(F)F)N(CCCC)C(CC)CC3)s1. The van der Waals surface area contributed by atoms with Gasteiger partial charge in [0.1, 0.15) is 5.69 Å². The molecular formula is C24H33F3N6O4S2. The third-order valence-corrected chi connectivity index (χ3v) is 8.13. The van der Waals surface area contributed by atoms with Crippen LogP contribution in [0.1, 0.15) is 74.7 Å². The van der Waals surface area contributed by atoms with Crippen LogP contribution in [0.15, 0.2) is 22.4 Å². The van der Waals surface area contributed by atoms with E-state index in [1.807, 2.05) is 6.92 Å². The Balaban J connectivity index is 1.97. The van der Waals surface area contributed by atoms with E-state index in [2.05, 4.69) is 43.9 Å². The van der Waals surface area contributed by atoms with Crippen molar-refractivity contribution in [2.45, 2.75) is 77.9 Å². The molecule has 0 fully saturated rings. The molecule has 0 aliphatic carbocycles. The number of fused-ring (bicyclic) bond motifs is 1.